The Morgan fingerprint density at radius 1 is 1.25 bits per heavy atom. The van der Waals surface area contributed by atoms with Gasteiger partial charge in [-0.2, -0.15) is 0 Å². The molecule has 84 valence electrons. The second-order valence-corrected chi connectivity index (χ2v) is 2.79. The number of esters is 1. The number of rotatable bonds is 5. The van der Waals surface area contributed by atoms with E-state index in [1.807, 2.05) is 6.92 Å². The Balaban J connectivity index is 0. The summed E-state index contributed by atoms with van der Waals surface area (Å²) in [4.78, 5) is 11.1. The average molecular weight is 234 g/mol. The van der Waals surface area contributed by atoms with Gasteiger partial charge in [-0.15, -0.1) is 0 Å². The second kappa shape index (κ2) is 8.58. The maximum Gasteiger partial charge on any atom is 1.00 e. The van der Waals surface area contributed by atoms with Crippen molar-refractivity contribution in [1.29, 1.82) is 0 Å². The molecule has 0 N–H and O–H groups in total. The molecular formula is C11H15NaO4. The molecule has 0 spiro atoms. The zero-order chi connectivity index (χ0) is 11.1. The van der Waals surface area contributed by atoms with Gasteiger partial charge in [-0.25, -0.2) is 4.79 Å². The van der Waals surface area contributed by atoms with Crippen LogP contribution in [-0.2, 0) is 9.53 Å². The summed E-state index contributed by atoms with van der Waals surface area (Å²) < 4.78 is 14.9. The van der Waals surface area contributed by atoms with E-state index < -0.39 is 5.97 Å². The van der Waals surface area contributed by atoms with Crippen molar-refractivity contribution in [1.82, 2.24) is 0 Å². The van der Waals surface area contributed by atoms with Crippen LogP contribution in [0.15, 0.2) is 24.3 Å². The van der Waals surface area contributed by atoms with Gasteiger partial charge < -0.3 is 15.6 Å². The summed E-state index contributed by atoms with van der Waals surface area (Å²) in [6.45, 7) is 2.29. The summed E-state index contributed by atoms with van der Waals surface area (Å²) >= 11 is 0. The Kier molecular flexibility index (Phi) is 8.29. The standard InChI is InChI=1S/C11H14O4.Na.H/c1-3-14-8-11(12)15-10-6-4-9(13-2)5-7-10;;/h4-7H,3,8H2,1-2H3;;/q;+1;-1. The van der Waals surface area contributed by atoms with Gasteiger partial charge in [0.05, 0.1) is 7.11 Å². The number of hydrogen-bond acceptors (Lipinski definition) is 4. The van der Waals surface area contributed by atoms with Gasteiger partial charge in [0, 0.05) is 6.61 Å². The molecule has 0 heterocycles. The topological polar surface area (TPSA) is 44.8 Å². The van der Waals surface area contributed by atoms with Gasteiger partial charge in [0.2, 0.25) is 0 Å². The van der Waals surface area contributed by atoms with Crippen molar-refractivity contribution >= 4 is 5.97 Å². The van der Waals surface area contributed by atoms with Gasteiger partial charge in [0.25, 0.3) is 0 Å². The van der Waals surface area contributed by atoms with Gasteiger partial charge >= 0.3 is 35.5 Å². The quantitative estimate of drug-likeness (QED) is 0.363. The van der Waals surface area contributed by atoms with Crippen LogP contribution in [0, 0.1) is 0 Å². The first-order chi connectivity index (χ1) is 7.26. The van der Waals surface area contributed by atoms with Gasteiger partial charge in [-0.3, -0.25) is 0 Å². The Morgan fingerprint density at radius 3 is 2.31 bits per heavy atom. The first-order valence-electron chi connectivity index (χ1n) is 4.68. The molecule has 0 saturated heterocycles. The molecule has 1 rings (SSSR count). The molecule has 0 atom stereocenters. The third-order valence-electron chi connectivity index (χ3n) is 1.72. The van der Waals surface area contributed by atoms with Crippen molar-refractivity contribution in [3.05, 3.63) is 24.3 Å². The van der Waals surface area contributed by atoms with E-state index in [-0.39, 0.29) is 37.6 Å². The van der Waals surface area contributed by atoms with Crippen molar-refractivity contribution in [2.75, 3.05) is 20.3 Å². The summed E-state index contributed by atoms with van der Waals surface area (Å²) in [6, 6.07) is 6.79. The van der Waals surface area contributed by atoms with Crippen LogP contribution in [0.3, 0.4) is 0 Å². The van der Waals surface area contributed by atoms with Crippen LogP contribution < -0.4 is 39.0 Å². The molecule has 0 bridgehead atoms. The van der Waals surface area contributed by atoms with E-state index in [9.17, 15) is 4.79 Å². The third-order valence-corrected chi connectivity index (χ3v) is 1.72. The molecule has 0 saturated carbocycles. The Hall–Kier alpha value is -0.550. The van der Waals surface area contributed by atoms with E-state index in [4.69, 9.17) is 14.2 Å². The summed E-state index contributed by atoms with van der Waals surface area (Å²) in [5.74, 6) is 0.808. The SMILES string of the molecule is CCOCC(=O)Oc1ccc(OC)cc1.[H-].[Na+]. The minimum absolute atomic E-state index is 0. The molecule has 0 aliphatic rings. The van der Waals surface area contributed by atoms with E-state index in [1.54, 1.807) is 31.4 Å². The fourth-order valence-electron chi connectivity index (χ4n) is 0.990. The van der Waals surface area contributed by atoms with Crippen molar-refractivity contribution in [3.8, 4) is 11.5 Å². The molecule has 1 aromatic rings. The van der Waals surface area contributed by atoms with E-state index in [1.165, 1.54) is 0 Å². The normalized spacial score (nSPS) is 9.12. The van der Waals surface area contributed by atoms with Crippen molar-refractivity contribution in [2.24, 2.45) is 0 Å². The number of methoxy groups -OCH3 is 1. The van der Waals surface area contributed by atoms with E-state index >= 15 is 0 Å². The monoisotopic (exact) mass is 234 g/mol. The van der Waals surface area contributed by atoms with Crippen LogP contribution in [0.5, 0.6) is 11.5 Å². The number of ether oxygens (including phenoxy) is 3. The third kappa shape index (κ3) is 5.51. The largest absolute Gasteiger partial charge is 1.00 e. The predicted molar refractivity (Wildman–Crippen MR) is 56.2 cm³/mol. The van der Waals surface area contributed by atoms with Crippen LogP contribution in [0.4, 0.5) is 0 Å². The Labute approximate surface area is 119 Å². The summed E-state index contributed by atoms with van der Waals surface area (Å²) in [6.07, 6.45) is 0. The molecule has 5 heteroatoms. The molecule has 0 aliphatic carbocycles. The van der Waals surface area contributed by atoms with Crippen molar-refractivity contribution in [3.63, 3.8) is 0 Å². The molecule has 0 aliphatic heterocycles. The summed E-state index contributed by atoms with van der Waals surface area (Å²) in [5.41, 5.74) is 0. The van der Waals surface area contributed by atoms with E-state index in [2.05, 4.69) is 0 Å². The number of carbonyl (C=O) groups excluding carboxylic acids is 1. The number of carbonyl (C=O) groups is 1. The van der Waals surface area contributed by atoms with Gasteiger partial charge in [-0.1, -0.05) is 0 Å². The van der Waals surface area contributed by atoms with Crippen molar-refractivity contribution < 1.29 is 50.0 Å². The Morgan fingerprint density at radius 2 is 1.81 bits per heavy atom. The zero-order valence-electron chi connectivity index (χ0n) is 10.9. The van der Waals surface area contributed by atoms with Crippen LogP contribution in [-0.4, -0.2) is 26.3 Å². The molecule has 0 unspecified atom stereocenters. The van der Waals surface area contributed by atoms with Crippen LogP contribution in [0.1, 0.15) is 8.35 Å². The fraction of sp³-hybridized carbons (Fsp3) is 0.364. The van der Waals surface area contributed by atoms with Crippen molar-refractivity contribution in [2.45, 2.75) is 6.92 Å². The van der Waals surface area contributed by atoms with Gasteiger partial charge in [-0.05, 0) is 31.2 Å². The molecule has 16 heavy (non-hydrogen) atoms. The molecule has 0 radical (unpaired) electrons. The maximum absolute atomic E-state index is 11.1. The van der Waals surface area contributed by atoms with E-state index in [0.717, 1.165) is 5.75 Å². The first kappa shape index (κ1) is 15.4. The molecular weight excluding hydrogens is 219 g/mol. The molecule has 0 aromatic heterocycles. The zero-order valence-corrected chi connectivity index (χ0v) is 11.9. The Bertz CT molecular complexity index is 316. The minimum Gasteiger partial charge on any atom is -1.00 e. The maximum atomic E-state index is 11.1. The fourth-order valence-corrected chi connectivity index (χ4v) is 0.990. The minimum atomic E-state index is -0.401. The molecule has 4 nitrogen and oxygen atoms in total. The number of hydrogen-bond donors (Lipinski definition) is 0. The van der Waals surface area contributed by atoms with Crippen LogP contribution >= 0.6 is 0 Å². The smallest absolute Gasteiger partial charge is 1.00 e. The number of benzene rings is 1. The van der Waals surface area contributed by atoms with Crippen LogP contribution in [0.2, 0.25) is 0 Å². The van der Waals surface area contributed by atoms with Crippen LogP contribution in [0.25, 0.3) is 0 Å². The molecule has 1 aromatic carbocycles. The van der Waals surface area contributed by atoms with Gasteiger partial charge in [0.15, 0.2) is 0 Å². The second-order valence-electron chi connectivity index (χ2n) is 2.79. The van der Waals surface area contributed by atoms with Gasteiger partial charge in [0.1, 0.15) is 18.1 Å². The summed E-state index contributed by atoms with van der Waals surface area (Å²) in [5, 5.41) is 0. The van der Waals surface area contributed by atoms with E-state index in [0.29, 0.717) is 12.4 Å². The molecule has 0 fully saturated rings. The summed E-state index contributed by atoms with van der Waals surface area (Å²) in [7, 11) is 1.58. The average Bonchev–Trinajstić information content (AvgIpc) is 2.27. The predicted octanol–water partition coefficient (Wildman–Crippen LogP) is -1.25. The molecule has 0 amide bonds. The first-order valence-corrected chi connectivity index (χ1v) is 4.68.